The lowest BCUT2D eigenvalue weighted by atomic mass is 9.88. The maximum Gasteiger partial charge on any atom is 0.127 e. The lowest BCUT2D eigenvalue weighted by Gasteiger charge is -2.36. The molecule has 2 atom stereocenters. The first-order valence-corrected chi connectivity index (χ1v) is 8.41. The van der Waals surface area contributed by atoms with Crippen molar-refractivity contribution in [3.8, 4) is 0 Å². The third-order valence-corrected chi connectivity index (χ3v) is 4.88. The molecular formula is C19H25NO3. The Hall–Kier alpha value is -1.65. The second-order valence-electron chi connectivity index (χ2n) is 6.70. The Kier molecular flexibility index (Phi) is 5.13. The molecule has 2 unspecified atom stereocenters. The van der Waals surface area contributed by atoms with Gasteiger partial charge in [-0.1, -0.05) is 29.8 Å². The summed E-state index contributed by atoms with van der Waals surface area (Å²) in [6.45, 7) is 5.22. The number of hydrogen-bond acceptors (Lipinski definition) is 4. The van der Waals surface area contributed by atoms with Crippen LogP contribution in [-0.2, 0) is 9.53 Å². The second kappa shape index (κ2) is 7.28. The SMILES string of the molecule is Cc1ccc(C2=CN(CC3CCOCC3)CC(C=O)C2O)cc1. The quantitative estimate of drug-likeness (QED) is 0.866. The smallest absolute Gasteiger partial charge is 0.127 e. The van der Waals surface area contributed by atoms with E-state index < -0.39 is 6.10 Å². The fraction of sp³-hybridized carbons (Fsp3) is 0.526. The van der Waals surface area contributed by atoms with Gasteiger partial charge in [-0.3, -0.25) is 0 Å². The molecule has 23 heavy (non-hydrogen) atoms. The normalized spacial score (nSPS) is 26.0. The number of carbonyl (C=O) groups is 1. The van der Waals surface area contributed by atoms with Crippen molar-refractivity contribution in [2.75, 3.05) is 26.3 Å². The summed E-state index contributed by atoms with van der Waals surface area (Å²) in [7, 11) is 0. The molecule has 124 valence electrons. The number of benzene rings is 1. The Labute approximate surface area is 137 Å². The number of aldehydes is 1. The molecule has 0 aromatic heterocycles. The fourth-order valence-corrected chi connectivity index (χ4v) is 3.42. The predicted octanol–water partition coefficient (Wildman–Crippen LogP) is 2.25. The van der Waals surface area contributed by atoms with E-state index in [-0.39, 0.29) is 5.92 Å². The molecule has 0 spiro atoms. The summed E-state index contributed by atoms with van der Waals surface area (Å²) in [5, 5.41) is 10.5. The first kappa shape index (κ1) is 16.2. The zero-order valence-corrected chi connectivity index (χ0v) is 13.6. The van der Waals surface area contributed by atoms with Crippen molar-refractivity contribution in [3.63, 3.8) is 0 Å². The van der Waals surface area contributed by atoms with Crippen LogP contribution in [0.3, 0.4) is 0 Å². The number of carbonyl (C=O) groups excluding carboxylic acids is 1. The molecule has 0 radical (unpaired) electrons. The number of aliphatic hydroxyl groups excluding tert-OH is 1. The molecule has 2 aliphatic rings. The molecule has 1 aromatic carbocycles. The highest BCUT2D eigenvalue weighted by atomic mass is 16.5. The number of nitrogens with zero attached hydrogens (tertiary/aromatic N) is 1. The van der Waals surface area contributed by atoms with E-state index >= 15 is 0 Å². The van der Waals surface area contributed by atoms with Gasteiger partial charge in [0.25, 0.3) is 0 Å². The minimum atomic E-state index is -0.721. The number of rotatable bonds is 4. The van der Waals surface area contributed by atoms with Crippen LogP contribution in [0, 0.1) is 18.8 Å². The van der Waals surface area contributed by atoms with E-state index in [0.717, 1.165) is 50.0 Å². The van der Waals surface area contributed by atoms with Crippen LogP contribution in [0.5, 0.6) is 0 Å². The van der Waals surface area contributed by atoms with Gasteiger partial charge < -0.3 is 19.5 Å². The van der Waals surface area contributed by atoms with Gasteiger partial charge in [-0.2, -0.15) is 0 Å². The van der Waals surface area contributed by atoms with Gasteiger partial charge in [0.15, 0.2) is 0 Å². The Morgan fingerprint density at radius 2 is 1.96 bits per heavy atom. The molecule has 0 bridgehead atoms. The Morgan fingerprint density at radius 3 is 2.61 bits per heavy atom. The van der Waals surface area contributed by atoms with Gasteiger partial charge in [0, 0.05) is 38.1 Å². The van der Waals surface area contributed by atoms with Crippen molar-refractivity contribution in [2.24, 2.45) is 11.8 Å². The van der Waals surface area contributed by atoms with E-state index in [9.17, 15) is 9.90 Å². The molecule has 1 saturated heterocycles. The summed E-state index contributed by atoms with van der Waals surface area (Å²) < 4.78 is 5.42. The number of aliphatic hydroxyl groups is 1. The maximum atomic E-state index is 11.4. The van der Waals surface area contributed by atoms with Crippen LogP contribution in [0.2, 0.25) is 0 Å². The van der Waals surface area contributed by atoms with E-state index in [1.807, 2.05) is 37.4 Å². The third-order valence-electron chi connectivity index (χ3n) is 4.88. The van der Waals surface area contributed by atoms with Gasteiger partial charge >= 0.3 is 0 Å². The number of ether oxygens (including phenoxy) is 1. The van der Waals surface area contributed by atoms with Crippen LogP contribution >= 0.6 is 0 Å². The minimum Gasteiger partial charge on any atom is -0.388 e. The van der Waals surface area contributed by atoms with E-state index in [1.165, 1.54) is 5.56 Å². The molecule has 0 saturated carbocycles. The Morgan fingerprint density at radius 1 is 1.26 bits per heavy atom. The lowest BCUT2D eigenvalue weighted by Crippen LogP contribution is -2.41. The van der Waals surface area contributed by atoms with E-state index in [0.29, 0.717) is 12.5 Å². The average Bonchev–Trinajstić information content (AvgIpc) is 2.58. The molecule has 4 heteroatoms. The zero-order chi connectivity index (χ0) is 16.2. The minimum absolute atomic E-state index is 0.365. The monoisotopic (exact) mass is 315 g/mol. The highest BCUT2D eigenvalue weighted by Crippen LogP contribution is 2.30. The first-order valence-electron chi connectivity index (χ1n) is 8.41. The van der Waals surface area contributed by atoms with E-state index in [2.05, 4.69) is 4.90 Å². The molecule has 2 heterocycles. The van der Waals surface area contributed by atoms with Crippen molar-refractivity contribution in [2.45, 2.75) is 25.9 Å². The van der Waals surface area contributed by atoms with Crippen LogP contribution in [-0.4, -0.2) is 48.7 Å². The largest absolute Gasteiger partial charge is 0.388 e. The molecule has 1 aromatic rings. The summed E-state index contributed by atoms with van der Waals surface area (Å²) in [4.78, 5) is 13.6. The van der Waals surface area contributed by atoms with Crippen LogP contribution in [0.4, 0.5) is 0 Å². The third kappa shape index (κ3) is 3.82. The topological polar surface area (TPSA) is 49.8 Å². The predicted molar refractivity (Wildman–Crippen MR) is 89.8 cm³/mol. The zero-order valence-electron chi connectivity index (χ0n) is 13.6. The van der Waals surface area contributed by atoms with Crippen molar-refractivity contribution < 1.29 is 14.6 Å². The van der Waals surface area contributed by atoms with Gasteiger partial charge in [-0.05, 0) is 31.2 Å². The molecular weight excluding hydrogens is 290 g/mol. The first-order chi connectivity index (χ1) is 11.2. The molecule has 2 aliphatic heterocycles. The maximum absolute atomic E-state index is 11.4. The summed E-state index contributed by atoms with van der Waals surface area (Å²) in [6, 6.07) is 8.11. The second-order valence-corrected chi connectivity index (χ2v) is 6.70. The van der Waals surface area contributed by atoms with E-state index in [1.54, 1.807) is 0 Å². The van der Waals surface area contributed by atoms with Crippen LogP contribution < -0.4 is 0 Å². The molecule has 3 rings (SSSR count). The van der Waals surface area contributed by atoms with Crippen LogP contribution in [0.15, 0.2) is 30.5 Å². The lowest BCUT2D eigenvalue weighted by molar-refractivity contribution is -0.114. The molecule has 1 fully saturated rings. The Bertz CT molecular complexity index is 560. The average molecular weight is 315 g/mol. The Balaban J connectivity index is 1.81. The van der Waals surface area contributed by atoms with Crippen LogP contribution in [0.25, 0.3) is 5.57 Å². The van der Waals surface area contributed by atoms with Gasteiger partial charge in [-0.25, -0.2) is 0 Å². The fourth-order valence-electron chi connectivity index (χ4n) is 3.42. The van der Waals surface area contributed by atoms with Crippen molar-refractivity contribution in [1.82, 2.24) is 4.90 Å². The van der Waals surface area contributed by atoms with Crippen molar-refractivity contribution in [3.05, 3.63) is 41.6 Å². The van der Waals surface area contributed by atoms with E-state index in [4.69, 9.17) is 4.74 Å². The van der Waals surface area contributed by atoms with Gasteiger partial charge in [-0.15, -0.1) is 0 Å². The highest BCUT2D eigenvalue weighted by Gasteiger charge is 2.31. The molecule has 4 nitrogen and oxygen atoms in total. The van der Waals surface area contributed by atoms with Gasteiger partial charge in [0.1, 0.15) is 6.29 Å². The number of hydrogen-bond donors (Lipinski definition) is 1. The summed E-state index contributed by atoms with van der Waals surface area (Å²) in [6.07, 6.45) is 4.35. The summed E-state index contributed by atoms with van der Waals surface area (Å²) in [5.74, 6) is 0.234. The summed E-state index contributed by atoms with van der Waals surface area (Å²) >= 11 is 0. The van der Waals surface area contributed by atoms with Crippen molar-refractivity contribution in [1.29, 1.82) is 0 Å². The summed E-state index contributed by atoms with van der Waals surface area (Å²) in [5.41, 5.74) is 3.03. The molecule has 0 aliphatic carbocycles. The van der Waals surface area contributed by atoms with Gasteiger partial charge in [0.05, 0.1) is 12.0 Å². The van der Waals surface area contributed by atoms with Crippen LogP contribution in [0.1, 0.15) is 24.0 Å². The molecule has 0 amide bonds. The standard InChI is InChI=1S/C19H25NO3/c1-14-2-4-16(5-3-14)18-12-20(11-17(13-21)19(18)22)10-15-6-8-23-9-7-15/h2-5,12-13,15,17,19,22H,6-11H2,1H3. The number of aryl methyl sites for hydroxylation is 1. The highest BCUT2D eigenvalue weighted by molar-refractivity contribution is 5.74. The van der Waals surface area contributed by atoms with Crippen molar-refractivity contribution >= 4 is 11.9 Å². The molecule has 1 N–H and O–H groups in total. The van der Waals surface area contributed by atoms with Gasteiger partial charge in [0.2, 0.25) is 0 Å².